The van der Waals surface area contributed by atoms with E-state index in [1.54, 1.807) is 60.7 Å². The second kappa shape index (κ2) is 10.2. The number of nitrogens with two attached hydrogens (primary N) is 1. The molecule has 2 atom stereocenters. The summed E-state index contributed by atoms with van der Waals surface area (Å²) >= 11 is 1.22. The van der Waals surface area contributed by atoms with E-state index in [0.29, 0.717) is 22.4 Å². The van der Waals surface area contributed by atoms with E-state index in [4.69, 9.17) is 15.6 Å². The summed E-state index contributed by atoms with van der Waals surface area (Å²) in [6, 6.07) is 18.6. The standard InChI is InChI=1S/C23H21F2NO3S/c24-18-10-4-1-7-15(18)13-29-21-12-6-3-9-17(21)22(30-14-20(26)23(27)28)16-8-2-5-11-19(16)25/h1-12,20,22H,13-14,26H2,(H,27,28). The molecular formula is C23H21F2NO3S. The maximum absolute atomic E-state index is 14.6. The van der Waals surface area contributed by atoms with Crippen LogP contribution in [0.4, 0.5) is 8.78 Å². The Bertz CT molecular complexity index is 1010. The molecule has 3 aromatic carbocycles. The van der Waals surface area contributed by atoms with Crippen molar-refractivity contribution in [3.63, 3.8) is 0 Å². The van der Waals surface area contributed by atoms with Gasteiger partial charge in [-0.2, -0.15) is 0 Å². The van der Waals surface area contributed by atoms with Crippen LogP contribution in [-0.4, -0.2) is 22.9 Å². The van der Waals surface area contributed by atoms with Gasteiger partial charge in [-0.1, -0.05) is 54.6 Å². The van der Waals surface area contributed by atoms with Crippen molar-refractivity contribution in [3.05, 3.63) is 101 Å². The van der Waals surface area contributed by atoms with Gasteiger partial charge in [0.15, 0.2) is 0 Å². The third-order valence-corrected chi connectivity index (χ3v) is 5.88. The van der Waals surface area contributed by atoms with Crippen LogP contribution in [0.1, 0.15) is 21.9 Å². The van der Waals surface area contributed by atoms with E-state index in [1.165, 1.54) is 23.9 Å². The molecule has 30 heavy (non-hydrogen) atoms. The van der Waals surface area contributed by atoms with Gasteiger partial charge in [0.2, 0.25) is 0 Å². The smallest absolute Gasteiger partial charge is 0.321 e. The van der Waals surface area contributed by atoms with Gasteiger partial charge in [0, 0.05) is 22.4 Å². The fourth-order valence-corrected chi connectivity index (χ4v) is 4.19. The highest BCUT2D eigenvalue weighted by Gasteiger charge is 2.24. The number of para-hydroxylation sites is 1. The fourth-order valence-electron chi connectivity index (χ4n) is 2.91. The lowest BCUT2D eigenvalue weighted by Gasteiger charge is -2.22. The molecule has 0 aromatic heterocycles. The van der Waals surface area contributed by atoms with Crippen LogP contribution in [0.15, 0.2) is 72.8 Å². The summed E-state index contributed by atoms with van der Waals surface area (Å²) in [6.07, 6.45) is 0. The van der Waals surface area contributed by atoms with Crippen LogP contribution in [0.25, 0.3) is 0 Å². The first-order valence-electron chi connectivity index (χ1n) is 9.27. The van der Waals surface area contributed by atoms with Gasteiger partial charge < -0.3 is 15.6 Å². The number of thioether (sulfide) groups is 1. The van der Waals surface area contributed by atoms with Crippen LogP contribution in [0.5, 0.6) is 5.75 Å². The minimum absolute atomic E-state index is 0.00693. The number of carbonyl (C=O) groups is 1. The molecular weight excluding hydrogens is 408 g/mol. The molecule has 2 unspecified atom stereocenters. The molecule has 0 aliphatic heterocycles. The molecule has 0 amide bonds. The fraction of sp³-hybridized carbons (Fsp3) is 0.174. The average Bonchev–Trinajstić information content (AvgIpc) is 2.75. The molecule has 0 heterocycles. The summed E-state index contributed by atoms with van der Waals surface area (Å²) in [6.45, 7) is 0.00693. The lowest BCUT2D eigenvalue weighted by Crippen LogP contribution is -2.32. The number of aliphatic carboxylic acids is 1. The minimum Gasteiger partial charge on any atom is -0.488 e. The van der Waals surface area contributed by atoms with Crippen molar-refractivity contribution in [2.75, 3.05) is 5.75 Å². The largest absolute Gasteiger partial charge is 0.488 e. The molecule has 156 valence electrons. The molecule has 0 bridgehead atoms. The van der Waals surface area contributed by atoms with Crippen LogP contribution in [-0.2, 0) is 11.4 Å². The van der Waals surface area contributed by atoms with Crippen LogP contribution in [0.3, 0.4) is 0 Å². The first kappa shape index (κ1) is 21.8. The summed E-state index contributed by atoms with van der Waals surface area (Å²) in [5.74, 6) is -1.37. The van der Waals surface area contributed by atoms with Gasteiger partial charge in [0.05, 0.1) is 5.25 Å². The summed E-state index contributed by atoms with van der Waals surface area (Å²) in [5.41, 5.74) is 7.10. The summed E-state index contributed by atoms with van der Waals surface area (Å²) < 4.78 is 34.4. The monoisotopic (exact) mass is 429 g/mol. The van der Waals surface area contributed by atoms with Crippen molar-refractivity contribution in [1.29, 1.82) is 0 Å². The Morgan fingerprint density at radius 3 is 2.20 bits per heavy atom. The number of benzene rings is 3. The van der Waals surface area contributed by atoms with Crippen molar-refractivity contribution >= 4 is 17.7 Å². The Balaban J connectivity index is 1.92. The van der Waals surface area contributed by atoms with Crippen LogP contribution in [0, 0.1) is 11.6 Å². The number of rotatable bonds is 9. The van der Waals surface area contributed by atoms with Crippen molar-refractivity contribution in [1.82, 2.24) is 0 Å². The molecule has 3 rings (SSSR count). The van der Waals surface area contributed by atoms with E-state index in [0.717, 1.165) is 0 Å². The maximum atomic E-state index is 14.6. The molecule has 0 aliphatic carbocycles. The van der Waals surface area contributed by atoms with Crippen molar-refractivity contribution < 1.29 is 23.4 Å². The third-order valence-electron chi connectivity index (χ3n) is 4.49. The molecule has 4 nitrogen and oxygen atoms in total. The Kier molecular flexibility index (Phi) is 7.43. The van der Waals surface area contributed by atoms with Crippen LogP contribution >= 0.6 is 11.8 Å². The van der Waals surface area contributed by atoms with Gasteiger partial charge in [-0.05, 0) is 18.2 Å². The topological polar surface area (TPSA) is 72.5 Å². The first-order chi connectivity index (χ1) is 14.5. The highest BCUT2D eigenvalue weighted by Crippen LogP contribution is 2.41. The molecule has 0 spiro atoms. The Morgan fingerprint density at radius 2 is 1.53 bits per heavy atom. The number of ether oxygens (including phenoxy) is 1. The molecule has 0 fully saturated rings. The number of carboxylic acid groups (broad SMARTS) is 1. The molecule has 0 saturated heterocycles. The Hall–Kier alpha value is -2.90. The van der Waals surface area contributed by atoms with Gasteiger partial charge >= 0.3 is 5.97 Å². The SMILES string of the molecule is NC(CSC(c1ccccc1F)c1ccccc1OCc1ccccc1F)C(=O)O. The number of hydrogen-bond donors (Lipinski definition) is 2. The van der Waals surface area contributed by atoms with Gasteiger partial charge in [-0.3, -0.25) is 4.79 Å². The quantitative estimate of drug-likeness (QED) is 0.512. The van der Waals surface area contributed by atoms with Crippen LogP contribution < -0.4 is 10.5 Å². The third kappa shape index (κ3) is 5.37. The zero-order valence-electron chi connectivity index (χ0n) is 16.0. The van der Waals surface area contributed by atoms with Crippen molar-refractivity contribution in [3.8, 4) is 5.75 Å². The Morgan fingerprint density at radius 1 is 0.933 bits per heavy atom. The van der Waals surface area contributed by atoms with E-state index in [1.807, 2.05) is 0 Å². The minimum atomic E-state index is -1.13. The van der Waals surface area contributed by atoms with Crippen LogP contribution in [0.2, 0.25) is 0 Å². The Labute approximate surface area is 177 Å². The van der Waals surface area contributed by atoms with Gasteiger partial charge in [0.25, 0.3) is 0 Å². The number of hydrogen-bond acceptors (Lipinski definition) is 4. The number of halogens is 2. The second-order valence-corrected chi connectivity index (χ2v) is 7.74. The molecule has 3 aromatic rings. The van der Waals surface area contributed by atoms with E-state index in [2.05, 4.69) is 0 Å². The summed E-state index contributed by atoms with van der Waals surface area (Å²) in [4.78, 5) is 11.1. The van der Waals surface area contributed by atoms with Gasteiger partial charge in [0.1, 0.15) is 30.0 Å². The molecule has 0 radical (unpaired) electrons. The van der Waals surface area contributed by atoms with E-state index in [9.17, 15) is 13.6 Å². The molecule has 0 aliphatic rings. The summed E-state index contributed by atoms with van der Waals surface area (Å²) in [5, 5.41) is 8.56. The molecule has 0 saturated carbocycles. The van der Waals surface area contributed by atoms with Crippen molar-refractivity contribution in [2.24, 2.45) is 5.73 Å². The maximum Gasteiger partial charge on any atom is 0.321 e. The zero-order chi connectivity index (χ0) is 21.5. The zero-order valence-corrected chi connectivity index (χ0v) is 16.8. The molecule has 7 heteroatoms. The normalized spacial score (nSPS) is 12.9. The lowest BCUT2D eigenvalue weighted by molar-refractivity contribution is -0.137. The predicted octanol–water partition coefficient (Wildman–Crippen LogP) is 4.78. The predicted molar refractivity (Wildman–Crippen MR) is 113 cm³/mol. The van der Waals surface area contributed by atoms with E-state index < -0.39 is 23.1 Å². The van der Waals surface area contributed by atoms with E-state index >= 15 is 0 Å². The van der Waals surface area contributed by atoms with Gasteiger partial charge in [-0.25, -0.2) is 8.78 Å². The lowest BCUT2D eigenvalue weighted by atomic mass is 10.0. The van der Waals surface area contributed by atoms with Crippen molar-refractivity contribution in [2.45, 2.75) is 17.9 Å². The highest BCUT2D eigenvalue weighted by molar-refractivity contribution is 7.99. The van der Waals surface area contributed by atoms with Gasteiger partial charge in [-0.15, -0.1) is 11.8 Å². The summed E-state index contributed by atoms with van der Waals surface area (Å²) in [7, 11) is 0. The first-order valence-corrected chi connectivity index (χ1v) is 10.3. The highest BCUT2D eigenvalue weighted by atomic mass is 32.2. The molecule has 3 N–H and O–H groups in total. The average molecular weight is 429 g/mol. The number of carboxylic acids is 1. The second-order valence-electron chi connectivity index (χ2n) is 6.60. The van der Waals surface area contributed by atoms with E-state index in [-0.39, 0.29) is 18.2 Å².